The van der Waals surface area contributed by atoms with Crippen molar-refractivity contribution in [3.63, 3.8) is 0 Å². The van der Waals surface area contributed by atoms with Gasteiger partial charge < -0.3 is 10.0 Å². The van der Waals surface area contributed by atoms with E-state index < -0.39 is 5.72 Å². The van der Waals surface area contributed by atoms with E-state index in [9.17, 15) is 5.11 Å². The van der Waals surface area contributed by atoms with Crippen LogP contribution in [0.4, 0.5) is 0 Å². The van der Waals surface area contributed by atoms with E-state index in [1.165, 1.54) is 0 Å². The fourth-order valence-corrected chi connectivity index (χ4v) is 3.91. The van der Waals surface area contributed by atoms with E-state index in [-0.39, 0.29) is 0 Å². The smallest absolute Gasteiger partial charge is 0.171 e. The first kappa shape index (κ1) is 14.1. The van der Waals surface area contributed by atoms with Crippen molar-refractivity contribution < 1.29 is 5.11 Å². The summed E-state index contributed by atoms with van der Waals surface area (Å²) in [5.74, 6) is 0.843. The Balaban J connectivity index is 1.90. The lowest BCUT2D eigenvalue weighted by molar-refractivity contribution is -0.0744. The maximum atomic E-state index is 11.4. The lowest BCUT2D eigenvalue weighted by Gasteiger charge is -2.44. The Kier molecular flexibility index (Phi) is 3.19. The number of halogens is 2. The van der Waals surface area contributed by atoms with Gasteiger partial charge in [-0.1, -0.05) is 53.5 Å². The summed E-state index contributed by atoms with van der Waals surface area (Å²) in [4.78, 5) is 6.53. The van der Waals surface area contributed by atoms with Crippen LogP contribution < -0.4 is 0 Å². The molecule has 0 unspecified atom stereocenters. The van der Waals surface area contributed by atoms with Gasteiger partial charge in [0.1, 0.15) is 5.84 Å². The summed E-state index contributed by atoms with van der Waals surface area (Å²) in [7, 11) is 0. The van der Waals surface area contributed by atoms with Crippen LogP contribution in [-0.2, 0) is 12.1 Å². The minimum Gasteiger partial charge on any atom is -0.366 e. The highest BCUT2D eigenvalue weighted by molar-refractivity contribution is 6.35. The number of amidine groups is 1. The van der Waals surface area contributed by atoms with Crippen molar-refractivity contribution in [2.75, 3.05) is 13.1 Å². The maximum Gasteiger partial charge on any atom is 0.171 e. The minimum atomic E-state index is -1.19. The summed E-state index contributed by atoms with van der Waals surface area (Å²) in [6, 6.07) is 13.3. The molecule has 0 spiro atoms. The number of hydrogen-bond acceptors (Lipinski definition) is 3. The van der Waals surface area contributed by atoms with Crippen LogP contribution in [-0.4, -0.2) is 28.9 Å². The third kappa shape index (κ3) is 1.97. The molecular weight excluding hydrogens is 319 g/mol. The molecule has 1 atom stereocenters. The molecule has 0 radical (unpaired) electrons. The molecule has 0 amide bonds. The summed E-state index contributed by atoms with van der Waals surface area (Å²) in [6.45, 7) is 1.36. The average molecular weight is 333 g/mol. The van der Waals surface area contributed by atoms with Crippen molar-refractivity contribution in [2.45, 2.75) is 12.1 Å². The molecule has 112 valence electrons. The van der Waals surface area contributed by atoms with Gasteiger partial charge in [-0.25, -0.2) is 0 Å². The summed E-state index contributed by atoms with van der Waals surface area (Å²) in [5, 5.41) is 12.5. The van der Waals surface area contributed by atoms with Gasteiger partial charge in [0.25, 0.3) is 0 Å². The summed E-state index contributed by atoms with van der Waals surface area (Å²) < 4.78 is 0. The quantitative estimate of drug-likeness (QED) is 0.868. The molecule has 3 nitrogen and oxygen atoms in total. The van der Waals surface area contributed by atoms with Crippen LogP contribution in [0.15, 0.2) is 47.5 Å². The van der Waals surface area contributed by atoms with Crippen LogP contribution in [0, 0.1) is 0 Å². The zero-order valence-corrected chi connectivity index (χ0v) is 13.3. The molecule has 2 heterocycles. The Hall–Kier alpha value is -1.55. The molecule has 0 saturated carbocycles. The van der Waals surface area contributed by atoms with Crippen LogP contribution in [0.5, 0.6) is 0 Å². The lowest BCUT2D eigenvalue weighted by atomic mass is 9.86. The first-order valence-electron chi connectivity index (χ1n) is 7.18. The Bertz CT molecular complexity index is 790. The van der Waals surface area contributed by atoms with Crippen LogP contribution in [0.2, 0.25) is 10.0 Å². The van der Waals surface area contributed by atoms with Gasteiger partial charge in [-0.05, 0) is 17.7 Å². The summed E-state index contributed by atoms with van der Waals surface area (Å²) in [6.07, 6.45) is 0.476. The van der Waals surface area contributed by atoms with E-state index in [4.69, 9.17) is 23.2 Å². The highest BCUT2D eigenvalue weighted by Gasteiger charge is 2.45. The fraction of sp³-hybridized carbons (Fsp3) is 0.235. The molecule has 2 aromatic rings. The van der Waals surface area contributed by atoms with Crippen molar-refractivity contribution >= 4 is 29.0 Å². The summed E-state index contributed by atoms with van der Waals surface area (Å²) >= 11 is 12.3. The predicted octanol–water partition coefficient (Wildman–Crippen LogP) is 3.46. The van der Waals surface area contributed by atoms with Gasteiger partial charge in [-0.15, -0.1) is 0 Å². The highest BCUT2D eigenvalue weighted by atomic mass is 35.5. The predicted molar refractivity (Wildman–Crippen MR) is 88.6 cm³/mol. The number of aliphatic hydroxyl groups is 1. The fourth-order valence-electron chi connectivity index (χ4n) is 3.35. The van der Waals surface area contributed by atoms with E-state index >= 15 is 0 Å². The van der Waals surface area contributed by atoms with Gasteiger partial charge in [0.05, 0.1) is 11.6 Å². The molecule has 0 saturated heterocycles. The van der Waals surface area contributed by atoms with Crippen molar-refractivity contribution in [2.24, 2.45) is 4.99 Å². The van der Waals surface area contributed by atoms with Gasteiger partial charge in [0, 0.05) is 29.1 Å². The van der Waals surface area contributed by atoms with Gasteiger partial charge >= 0.3 is 0 Å². The topological polar surface area (TPSA) is 35.8 Å². The van der Waals surface area contributed by atoms with Crippen molar-refractivity contribution in [1.29, 1.82) is 0 Å². The first-order chi connectivity index (χ1) is 10.6. The Morgan fingerprint density at radius 2 is 1.95 bits per heavy atom. The zero-order valence-electron chi connectivity index (χ0n) is 11.8. The maximum absolute atomic E-state index is 11.4. The number of aliphatic imine (C=N–C) groups is 1. The SMILES string of the molecule is O[C@]1(c2ccc(Cl)cc2Cl)Cc2ccccc2C2=NCCN21. The Labute approximate surface area is 138 Å². The van der Waals surface area contributed by atoms with E-state index in [2.05, 4.69) is 11.1 Å². The molecule has 1 N–H and O–H groups in total. The molecule has 0 fully saturated rings. The molecule has 22 heavy (non-hydrogen) atoms. The Morgan fingerprint density at radius 3 is 2.77 bits per heavy atom. The van der Waals surface area contributed by atoms with E-state index in [1.54, 1.807) is 18.2 Å². The molecule has 4 rings (SSSR count). The zero-order chi connectivity index (χ0) is 15.3. The molecule has 2 aliphatic rings. The first-order valence-corrected chi connectivity index (χ1v) is 7.93. The normalized spacial score (nSPS) is 23.0. The molecule has 0 bridgehead atoms. The molecule has 0 aliphatic carbocycles. The van der Waals surface area contributed by atoms with Gasteiger partial charge in [-0.2, -0.15) is 0 Å². The second kappa shape index (κ2) is 4.98. The van der Waals surface area contributed by atoms with Crippen LogP contribution in [0.25, 0.3) is 0 Å². The highest BCUT2D eigenvalue weighted by Crippen LogP contribution is 2.41. The van der Waals surface area contributed by atoms with Crippen LogP contribution in [0.3, 0.4) is 0 Å². The third-order valence-electron chi connectivity index (χ3n) is 4.35. The number of fused-ring (bicyclic) bond motifs is 3. The number of benzene rings is 2. The monoisotopic (exact) mass is 332 g/mol. The van der Waals surface area contributed by atoms with Crippen molar-refractivity contribution in [3.8, 4) is 0 Å². The minimum absolute atomic E-state index is 0.473. The average Bonchev–Trinajstić information content (AvgIpc) is 2.98. The van der Waals surface area contributed by atoms with Gasteiger partial charge in [0.2, 0.25) is 0 Å². The Morgan fingerprint density at radius 1 is 1.14 bits per heavy atom. The van der Waals surface area contributed by atoms with Gasteiger partial charge in [0.15, 0.2) is 5.72 Å². The van der Waals surface area contributed by atoms with E-state index in [1.807, 2.05) is 23.1 Å². The summed E-state index contributed by atoms with van der Waals surface area (Å²) in [5.41, 5.74) is 1.65. The standard InChI is InChI=1S/C17H14Cl2N2O/c18-12-5-6-14(15(19)9-12)17(22)10-11-3-1-2-4-13(11)16-20-7-8-21(16)17/h1-6,9,22H,7-8,10H2/t17-/m0/s1. The number of hydrogen-bond donors (Lipinski definition) is 1. The molecular formula is C17H14Cl2N2O. The molecule has 5 heteroatoms. The van der Waals surface area contributed by atoms with Crippen LogP contribution in [0.1, 0.15) is 16.7 Å². The second-order valence-corrected chi connectivity index (χ2v) is 6.48. The third-order valence-corrected chi connectivity index (χ3v) is 4.89. The largest absolute Gasteiger partial charge is 0.366 e. The van der Waals surface area contributed by atoms with Crippen molar-refractivity contribution in [3.05, 3.63) is 69.2 Å². The molecule has 2 aromatic carbocycles. The molecule has 0 aromatic heterocycles. The van der Waals surface area contributed by atoms with E-state index in [0.29, 0.717) is 35.1 Å². The molecule has 2 aliphatic heterocycles. The van der Waals surface area contributed by atoms with E-state index in [0.717, 1.165) is 17.0 Å². The van der Waals surface area contributed by atoms with Crippen LogP contribution >= 0.6 is 23.2 Å². The number of rotatable bonds is 1. The number of nitrogens with zero attached hydrogens (tertiary/aromatic N) is 2. The lowest BCUT2D eigenvalue weighted by Crippen LogP contribution is -2.53. The van der Waals surface area contributed by atoms with Crippen molar-refractivity contribution in [1.82, 2.24) is 4.90 Å². The second-order valence-electron chi connectivity index (χ2n) is 5.63. The van der Waals surface area contributed by atoms with Gasteiger partial charge in [-0.3, -0.25) is 4.99 Å².